The molecule has 1 aliphatic rings. The van der Waals surface area contributed by atoms with Crippen LogP contribution in [-0.4, -0.2) is 35.2 Å². The molecule has 1 saturated heterocycles. The Morgan fingerprint density at radius 2 is 1.66 bits per heavy atom. The lowest BCUT2D eigenvalue weighted by molar-refractivity contribution is -0.117. The van der Waals surface area contributed by atoms with Gasteiger partial charge >= 0.3 is 0 Å². The van der Waals surface area contributed by atoms with E-state index in [-0.39, 0.29) is 11.8 Å². The Kier molecular flexibility index (Phi) is 6.70. The predicted octanol–water partition coefficient (Wildman–Crippen LogP) is 5.73. The van der Waals surface area contributed by atoms with Crippen LogP contribution in [0.5, 0.6) is 11.5 Å². The Balaban J connectivity index is 1.32. The fourth-order valence-electron chi connectivity index (χ4n) is 4.71. The molecule has 1 fully saturated rings. The van der Waals surface area contributed by atoms with Gasteiger partial charge in [-0.05, 0) is 68.8 Å². The summed E-state index contributed by atoms with van der Waals surface area (Å²) in [6.45, 7) is 6.68. The van der Waals surface area contributed by atoms with Crippen LogP contribution >= 0.6 is 0 Å². The van der Waals surface area contributed by atoms with Crippen LogP contribution in [0.1, 0.15) is 37.1 Å². The number of amides is 1. The molecule has 5 rings (SSSR count). The molecule has 0 saturated carbocycles. The van der Waals surface area contributed by atoms with Crippen molar-refractivity contribution in [2.75, 3.05) is 24.7 Å². The van der Waals surface area contributed by atoms with Crippen LogP contribution in [0.2, 0.25) is 0 Å². The van der Waals surface area contributed by atoms with Crippen molar-refractivity contribution in [3.63, 3.8) is 0 Å². The lowest BCUT2D eigenvalue weighted by Crippen LogP contribution is -2.24. The van der Waals surface area contributed by atoms with Crippen molar-refractivity contribution >= 4 is 22.6 Å². The summed E-state index contributed by atoms with van der Waals surface area (Å²) in [5.41, 5.74) is 4.19. The topological polar surface area (TPSA) is 56.6 Å². The number of carbonyl (C=O) groups is 1. The fourth-order valence-corrected chi connectivity index (χ4v) is 4.71. The molecule has 0 N–H and O–H groups in total. The summed E-state index contributed by atoms with van der Waals surface area (Å²) in [7, 11) is 0. The van der Waals surface area contributed by atoms with Gasteiger partial charge in [-0.25, -0.2) is 4.98 Å². The molecule has 0 bridgehead atoms. The number of anilines is 1. The number of nitrogens with zero attached hydrogens (tertiary/aromatic N) is 3. The monoisotopic (exact) mass is 469 g/mol. The second-order valence-corrected chi connectivity index (χ2v) is 8.96. The van der Waals surface area contributed by atoms with Crippen LogP contribution in [-0.2, 0) is 11.3 Å². The number of para-hydroxylation sites is 2. The standard InChI is InChI=1S/C29H31N3O3/c1-3-34-24-15-11-23(12-16-24)32-20-22(19-28(32)33)29-30-26-7-4-5-8-27(26)31(29)17-6-18-35-25-13-9-21(2)10-14-25/h4-5,7-16,22H,3,6,17-20H2,1-2H3/t22-/m1/s1. The molecule has 6 heteroatoms. The molecule has 1 atom stereocenters. The van der Waals surface area contributed by atoms with E-state index < -0.39 is 0 Å². The van der Waals surface area contributed by atoms with Gasteiger partial charge in [0.15, 0.2) is 0 Å². The molecule has 1 aromatic heterocycles. The van der Waals surface area contributed by atoms with Crippen molar-refractivity contribution in [3.8, 4) is 11.5 Å². The maximum absolute atomic E-state index is 13.0. The van der Waals surface area contributed by atoms with Gasteiger partial charge in [-0.1, -0.05) is 29.8 Å². The first kappa shape index (κ1) is 23.0. The number of ether oxygens (including phenoxy) is 2. The normalized spacial score (nSPS) is 15.7. The molecule has 1 aliphatic heterocycles. The fraction of sp³-hybridized carbons (Fsp3) is 0.310. The van der Waals surface area contributed by atoms with Gasteiger partial charge < -0.3 is 18.9 Å². The second kappa shape index (κ2) is 10.2. The van der Waals surface area contributed by atoms with Crippen molar-refractivity contribution in [2.45, 2.75) is 39.2 Å². The lowest BCUT2D eigenvalue weighted by atomic mass is 10.1. The number of fused-ring (bicyclic) bond motifs is 1. The van der Waals surface area contributed by atoms with Crippen molar-refractivity contribution in [1.29, 1.82) is 0 Å². The van der Waals surface area contributed by atoms with Gasteiger partial charge in [0, 0.05) is 31.1 Å². The van der Waals surface area contributed by atoms with E-state index >= 15 is 0 Å². The minimum atomic E-state index is 0.0412. The van der Waals surface area contributed by atoms with Crippen molar-refractivity contribution in [3.05, 3.63) is 84.2 Å². The van der Waals surface area contributed by atoms with E-state index in [2.05, 4.69) is 29.7 Å². The highest BCUT2D eigenvalue weighted by Crippen LogP contribution is 2.34. The van der Waals surface area contributed by atoms with E-state index in [1.807, 2.05) is 66.4 Å². The Hall–Kier alpha value is -3.80. The maximum Gasteiger partial charge on any atom is 0.227 e. The molecule has 0 aliphatic carbocycles. The first-order valence-electron chi connectivity index (χ1n) is 12.3. The third kappa shape index (κ3) is 5.02. The smallest absolute Gasteiger partial charge is 0.227 e. The lowest BCUT2D eigenvalue weighted by Gasteiger charge is -2.18. The zero-order valence-corrected chi connectivity index (χ0v) is 20.3. The molecule has 6 nitrogen and oxygen atoms in total. The number of carbonyl (C=O) groups excluding carboxylic acids is 1. The van der Waals surface area contributed by atoms with Crippen molar-refractivity contribution in [2.24, 2.45) is 0 Å². The minimum absolute atomic E-state index is 0.0412. The number of aryl methyl sites for hydroxylation is 2. The number of hydrogen-bond acceptors (Lipinski definition) is 4. The highest BCUT2D eigenvalue weighted by molar-refractivity contribution is 5.96. The number of aromatic nitrogens is 2. The van der Waals surface area contributed by atoms with Crippen molar-refractivity contribution < 1.29 is 14.3 Å². The molecule has 2 heterocycles. The van der Waals surface area contributed by atoms with E-state index in [1.54, 1.807) is 0 Å². The van der Waals surface area contributed by atoms with Crippen LogP contribution in [0.3, 0.4) is 0 Å². The van der Waals surface area contributed by atoms with Gasteiger partial charge in [-0.2, -0.15) is 0 Å². The van der Waals surface area contributed by atoms with E-state index in [1.165, 1.54) is 5.56 Å². The Morgan fingerprint density at radius 3 is 2.43 bits per heavy atom. The summed E-state index contributed by atoms with van der Waals surface area (Å²) in [4.78, 5) is 19.8. The number of rotatable bonds is 9. The zero-order valence-electron chi connectivity index (χ0n) is 20.3. The van der Waals surface area contributed by atoms with Gasteiger partial charge in [0.2, 0.25) is 5.91 Å². The van der Waals surface area contributed by atoms with Crippen LogP contribution in [0.25, 0.3) is 11.0 Å². The number of imidazole rings is 1. The summed E-state index contributed by atoms with van der Waals surface area (Å²) in [6.07, 6.45) is 1.31. The molecule has 35 heavy (non-hydrogen) atoms. The quantitative estimate of drug-likeness (QED) is 0.294. The largest absolute Gasteiger partial charge is 0.494 e. The average Bonchev–Trinajstić information content (AvgIpc) is 3.44. The highest BCUT2D eigenvalue weighted by atomic mass is 16.5. The van der Waals surface area contributed by atoms with Gasteiger partial charge in [-0.3, -0.25) is 4.79 Å². The van der Waals surface area contributed by atoms with E-state index in [4.69, 9.17) is 14.5 Å². The van der Waals surface area contributed by atoms with Crippen LogP contribution in [0.4, 0.5) is 5.69 Å². The van der Waals surface area contributed by atoms with Gasteiger partial charge in [0.1, 0.15) is 17.3 Å². The maximum atomic E-state index is 13.0. The first-order chi connectivity index (χ1) is 17.1. The summed E-state index contributed by atoms with van der Waals surface area (Å²) in [5, 5.41) is 0. The predicted molar refractivity (Wildman–Crippen MR) is 138 cm³/mol. The Bertz CT molecular complexity index is 1300. The highest BCUT2D eigenvalue weighted by Gasteiger charge is 2.34. The van der Waals surface area contributed by atoms with Crippen LogP contribution in [0, 0.1) is 6.92 Å². The first-order valence-corrected chi connectivity index (χ1v) is 12.3. The SMILES string of the molecule is CCOc1ccc(N2C[C@H](c3nc4ccccc4n3CCCOc3ccc(C)cc3)CC2=O)cc1. The van der Waals surface area contributed by atoms with Gasteiger partial charge in [0.05, 0.1) is 24.2 Å². The van der Waals surface area contributed by atoms with Gasteiger partial charge in [0.25, 0.3) is 0 Å². The third-order valence-corrected chi connectivity index (χ3v) is 6.45. The Labute approximate surface area is 206 Å². The van der Waals surface area contributed by atoms with E-state index in [0.717, 1.165) is 47.0 Å². The molecule has 4 aromatic rings. The third-order valence-electron chi connectivity index (χ3n) is 6.45. The summed E-state index contributed by atoms with van der Waals surface area (Å²) in [5.74, 6) is 2.84. The molecule has 180 valence electrons. The van der Waals surface area contributed by atoms with Crippen LogP contribution < -0.4 is 14.4 Å². The van der Waals surface area contributed by atoms with Crippen LogP contribution in [0.15, 0.2) is 72.8 Å². The number of benzene rings is 3. The van der Waals surface area contributed by atoms with Crippen molar-refractivity contribution in [1.82, 2.24) is 9.55 Å². The molecular formula is C29H31N3O3. The molecule has 1 amide bonds. The number of hydrogen-bond donors (Lipinski definition) is 0. The second-order valence-electron chi connectivity index (χ2n) is 8.96. The molecule has 0 spiro atoms. The summed E-state index contributed by atoms with van der Waals surface area (Å²) >= 11 is 0. The zero-order chi connectivity index (χ0) is 24.2. The summed E-state index contributed by atoms with van der Waals surface area (Å²) in [6, 6.07) is 24.1. The van der Waals surface area contributed by atoms with Gasteiger partial charge in [-0.15, -0.1) is 0 Å². The minimum Gasteiger partial charge on any atom is -0.494 e. The average molecular weight is 470 g/mol. The molecule has 0 radical (unpaired) electrons. The summed E-state index contributed by atoms with van der Waals surface area (Å²) < 4.78 is 13.8. The molecule has 3 aromatic carbocycles. The van der Waals surface area contributed by atoms with E-state index in [9.17, 15) is 4.79 Å². The molecule has 0 unspecified atom stereocenters. The Morgan fingerprint density at radius 1 is 0.943 bits per heavy atom. The van der Waals surface area contributed by atoms with E-state index in [0.29, 0.717) is 26.2 Å². The molecular weight excluding hydrogens is 438 g/mol.